The molecule has 3 atom stereocenters. The number of aromatic nitrogens is 1. The molecule has 0 radical (unpaired) electrons. The summed E-state index contributed by atoms with van der Waals surface area (Å²) in [4.78, 5) is 5.96. The topological polar surface area (TPSA) is 38.9 Å². The molecule has 1 aliphatic heterocycles. The maximum Gasteiger partial charge on any atom is 0.107 e. The molecule has 3 unspecified atom stereocenters. The Balaban J connectivity index is 2.23. The van der Waals surface area contributed by atoms with E-state index in [9.17, 15) is 0 Å². The second kappa shape index (κ2) is 5.29. The zero-order valence-electron chi connectivity index (χ0n) is 9.90. The molecule has 0 saturated carbocycles. The van der Waals surface area contributed by atoms with Crippen molar-refractivity contribution in [1.29, 1.82) is 0 Å². The lowest BCUT2D eigenvalue weighted by Crippen LogP contribution is -2.15. The van der Waals surface area contributed by atoms with Crippen LogP contribution in [0.15, 0.2) is 0 Å². The highest BCUT2D eigenvalue weighted by molar-refractivity contribution is 8.06. The molecule has 16 heavy (non-hydrogen) atoms. The zero-order valence-corrected chi connectivity index (χ0v) is 12.3. The average Bonchev–Trinajstić information content (AvgIpc) is 2.61. The number of hydrogen-bond acceptors (Lipinski definition) is 5. The van der Waals surface area contributed by atoms with Gasteiger partial charge in [-0.05, 0) is 13.8 Å². The summed E-state index contributed by atoms with van der Waals surface area (Å²) in [7, 11) is 0. The van der Waals surface area contributed by atoms with E-state index in [1.165, 1.54) is 21.4 Å². The van der Waals surface area contributed by atoms with Crippen LogP contribution in [0.4, 0.5) is 0 Å². The molecule has 2 rings (SSSR count). The van der Waals surface area contributed by atoms with Crippen molar-refractivity contribution in [3.05, 3.63) is 15.6 Å². The van der Waals surface area contributed by atoms with Crippen LogP contribution in [0.1, 0.15) is 40.7 Å². The summed E-state index contributed by atoms with van der Waals surface area (Å²) in [5, 5.41) is 2.51. The molecule has 2 heterocycles. The number of thioether (sulfide) groups is 2. The molecule has 1 aromatic rings. The molecule has 0 spiro atoms. The van der Waals surface area contributed by atoms with Crippen molar-refractivity contribution in [3.63, 3.8) is 0 Å². The van der Waals surface area contributed by atoms with Crippen LogP contribution in [0, 0.1) is 6.92 Å². The first-order chi connectivity index (χ1) is 7.59. The summed E-state index contributed by atoms with van der Waals surface area (Å²) in [5.41, 5.74) is 7.07. The van der Waals surface area contributed by atoms with Crippen molar-refractivity contribution < 1.29 is 0 Å². The van der Waals surface area contributed by atoms with Crippen LogP contribution in [0.2, 0.25) is 0 Å². The first kappa shape index (κ1) is 12.7. The molecule has 1 fully saturated rings. The van der Waals surface area contributed by atoms with Gasteiger partial charge in [-0.3, -0.25) is 0 Å². The van der Waals surface area contributed by atoms with Gasteiger partial charge in [0.25, 0.3) is 0 Å². The minimum Gasteiger partial charge on any atom is -0.323 e. The molecule has 5 heteroatoms. The third-order valence-electron chi connectivity index (χ3n) is 2.69. The van der Waals surface area contributed by atoms with Gasteiger partial charge in [-0.25, -0.2) is 4.98 Å². The monoisotopic (exact) mass is 274 g/mol. The molecule has 90 valence electrons. The summed E-state index contributed by atoms with van der Waals surface area (Å²) in [5.74, 6) is 2.51. The van der Waals surface area contributed by atoms with E-state index in [0.717, 1.165) is 5.69 Å². The molecule has 0 bridgehead atoms. The summed E-state index contributed by atoms with van der Waals surface area (Å²) in [6.45, 7) is 6.42. The van der Waals surface area contributed by atoms with Crippen molar-refractivity contribution in [2.75, 3.05) is 11.5 Å². The molecular weight excluding hydrogens is 256 g/mol. The van der Waals surface area contributed by atoms with E-state index in [0.29, 0.717) is 10.5 Å². The molecule has 1 aliphatic rings. The van der Waals surface area contributed by atoms with Gasteiger partial charge < -0.3 is 5.73 Å². The van der Waals surface area contributed by atoms with E-state index >= 15 is 0 Å². The fraction of sp³-hybridized carbons (Fsp3) is 0.727. The van der Waals surface area contributed by atoms with E-state index in [1.807, 2.05) is 30.0 Å². The van der Waals surface area contributed by atoms with Crippen molar-refractivity contribution in [2.45, 2.75) is 37.3 Å². The predicted molar refractivity (Wildman–Crippen MR) is 76.6 cm³/mol. The van der Waals surface area contributed by atoms with E-state index in [1.54, 1.807) is 0 Å². The van der Waals surface area contributed by atoms with Crippen LogP contribution in [0.3, 0.4) is 0 Å². The second-order valence-corrected chi connectivity index (χ2v) is 7.95. The van der Waals surface area contributed by atoms with Gasteiger partial charge in [0.2, 0.25) is 0 Å². The Bertz CT molecular complexity index is 362. The third-order valence-corrected chi connectivity index (χ3v) is 7.38. The number of nitrogens with two attached hydrogens (primary N) is 1. The Morgan fingerprint density at radius 1 is 1.38 bits per heavy atom. The highest BCUT2D eigenvalue weighted by atomic mass is 32.2. The molecule has 1 saturated heterocycles. The van der Waals surface area contributed by atoms with Crippen LogP contribution in [-0.4, -0.2) is 21.7 Å². The summed E-state index contributed by atoms with van der Waals surface area (Å²) in [6, 6.07) is 0.114. The van der Waals surface area contributed by atoms with Gasteiger partial charge in [0.15, 0.2) is 0 Å². The van der Waals surface area contributed by atoms with Crippen LogP contribution < -0.4 is 5.73 Å². The van der Waals surface area contributed by atoms with Crippen LogP contribution in [0.5, 0.6) is 0 Å². The number of aryl methyl sites for hydroxylation is 1. The molecule has 0 amide bonds. The van der Waals surface area contributed by atoms with Gasteiger partial charge in [0.05, 0.1) is 10.9 Å². The molecule has 2 N–H and O–H groups in total. The van der Waals surface area contributed by atoms with Crippen molar-refractivity contribution in [1.82, 2.24) is 4.98 Å². The Labute approximate surface area is 110 Å². The van der Waals surface area contributed by atoms with E-state index in [-0.39, 0.29) is 6.04 Å². The predicted octanol–water partition coefficient (Wildman–Crippen LogP) is 3.38. The van der Waals surface area contributed by atoms with Crippen LogP contribution >= 0.6 is 34.9 Å². The van der Waals surface area contributed by atoms with E-state index < -0.39 is 0 Å². The minimum absolute atomic E-state index is 0.114. The smallest absolute Gasteiger partial charge is 0.107 e. The van der Waals surface area contributed by atoms with Gasteiger partial charge in [-0.2, -0.15) is 11.8 Å². The normalized spacial score (nSPS) is 28.0. The SMILES string of the molecule is Cc1nc(C2SCCSC2C)sc1C(C)N. The molecule has 1 aromatic heterocycles. The lowest BCUT2D eigenvalue weighted by atomic mass is 10.2. The van der Waals surface area contributed by atoms with Gasteiger partial charge >= 0.3 is 0 Å². The standard InChI is InChI=1S/C11H18N2S3/c1-6(12)9-7(2)13-11(16-9)10-8(3)14-4-5-15-10/h6,8,10H,4-5,12H2,1-3H3. The van der Waals surface area contributed by atoms with Crippen molar-refractivity contribution in [2.24, 2.45) is 5.73 Å². The van der Waals surface area contributed by atoms with Gasteiger partial charge in [-0.15, -0.1) is 23.1 Å². The Kier molecular flexibility index (Phi) is 4.21. The Morgan fingerprint density at radius 2 is 2.06 bits per heavy atom. The van der Waals surface area contributed by atoms with Gasteiger partial charge in [0.1, 0.15) is 5.01 Å². The van der Waals surface area contributed by atoms with E-state index in [4.69, 9.17) is 10.7 Å². The summed E-state index contributed by atoms with van der Waals surface area (Å²) in [6.07, 6.45) is 0. The van der Waals surface area contributed by atoms with Crippen LogP contribution in [0.25, 0.3) is 0 Å². The number of rotatable bonds is 2. The largest absolute Gasteiger partial charge is 0.323 e. The molecule has 2 nitrogen and oxygen atoms in total. The van der Waals surface area contributed by atoms with Crippen molar-refractivity contribution in [3.8, 4) is 0 Å². The maximum atomic E-state index is 5.95. The number of thiazole rings is 1. The Morgan fingerprint density at radius 3 is 2.62 bits per heavy atom. The molecular formula is C11H18N2S3. The lowest BCUT2D eigenvalue weighted by molar-refractivity contribution is 0.823. The minimum atomic E-state index is 0.114. The molecule has 0 aromatic carbocycles. The number of hydrogen-bond donors (Lipinski definition) is 1. The second-order valence-electron chi connectivity index (χ2n) is 4.16. The van der Waals surface area contributed by atoms with Gasteiger partial charge in [-0.1, -0.05) is 6.92 Å². The zero-order chi connectivity index (χ0) is 11.7. The first-order valence-corrected chi connectivity index (χ1v) is 8.47. The molecule has 0 aliphatic carbocycles. The lowest BCUT2D eigenvalue weighted by Gasteiger charge is -2.25. The fourth-order valence-corrected chi connectivity index (χ4v) is 6.06. The number of nitrogens with zero attached hydrogens (tertiary/aromatic N) is 1. The first-order valence-electron chi connectivity index (χ1n) is 5.55. The Hall–Kier alpha value is 0.290. The average molecular weight is 274 g/mol. The summed E-state index contributed by atoms with van der Waals surface area (Å²) < 4.78 is 0. The highest BCUT2D eigenvalue weighted by Crippen LogP contribution is 2.44. The van der Waals surface area contributed by atoms with E-state index in [2.05, 4.69) is 25.6 Å². The highest BCUT2D eigenvalue weighted by Gasteiger charge is 2.27. The van der Waals surface area contributed by atoms with Gasteiger partial charge in [0, 0.05) is 27.7 Å². The fourth-order valence-electron chi connectivity index (χ4n) is 1.88. The van der Waals surface area contributed by atoms with Crippen molar-refractivity contribution >= 4 is 34.9 Å². The van der Waals surface area contributed by atoms with Crippen LogP contribution in [-0.2, 0) is 0 Å². The quantitative estimate of drug-likeness (QED) is 0.897. The summed E-state index contributed by atoms with van der Waals surface area (Å²) >= 11 is 5.91. The maximum absolute atomic E-state index is 5.95. The third kappa shape index (κ3) is 2.58.